The number of amides is 1. The average molecular weight is 353 g/mol. The molecule has 26 heavy (non-hydrogen) atoms. The molecular weight excluding hydrogens is 334 g/mol. The van der Waals surface area contributed by atoms with Gasteiger partial charge in [-0.1, -0.05) is 12.1 Å². The molecule has 2 aliphatic rings. The van der Waals surface area contributed by atoms with Crippen LogP contribution in [0.25, 0.3) is 11.1 Å². The second-order valence-electron chi connectivity index (χ2n) is 7.11. The second-order valence-corrected chi connectivity index (χ2v) is 7.11. The van der Waals surface area contributed by atoms with Crippen molar-refractivity contribution in [2.45, 2.75) is 50.4 Å². The van der Waals surface area contributed by atoms with E-state index in [1.807, 2.05) is 21.7 Å². The maximum Gasteiger partial charge on any atom is 0.420 e. The van der Waals surface area contributed by atoms with E-state index in [4.69, 9.17) is 4.42 Å². The zero-order valence-electron chi connectivity index (χ0n) is 14.2. The van der Waals surface area contributed by atoms with E-state index in [1.54, 1.807) is 24.8 Å². The maximum absolute atomic E-state index is 13.0. The fourth-order valence-electron chi connectivity index (χ4n) is 4.56. The molecule has 1 aromatic carbocycles. The Morgan fingerprint density at radius 3 is 2.65 bits per heavy atom. The Balaban J connectivity index is 1.38. The number of aromatic nitrogens is 4. The second kappa shape index (κ2) is 5.82. The van der Waals surface area contributed by atoms with E-state index in [0.717, 1.165) is 25.7 Å². The minimum absolute atomic E-state index is 0.0109. The third-order valence-electron chi connectivity index (χ3n) is 5.67. The third-order valence-corrected chi connectivity index (χ3v) is 5.67. The fourth-order valence-corrected chi connectivity index (χ4v) is 4.56. The molecule has 0 spiro atoms. The van der Waals surface area contributed by atoms with E-state index in [9.17, 15) is 9.59 Å². The number of carbonyl (C=O) groups excluding carboxylic acids is 1. The molecule has 8 nitrogen and oxygen atoms in total. The van der Waals surface area contributed by atoms with Gasteiger partial charge in [0.15, 0.2) is 5.58 Å². The van der Waals surface area contributed by atoms with Gasteiger partial charge < -0.3 is 9.32 Å². The van der Waals surface area contributed by atoms with Crippen LogP contribution in [-0.4, -0.2) is 42.2 Å². The van der Waals surface area contributed by atoms with Crippen LogP contribution < -0.4 is 5.76 Å². The predicted octanol–water partition coefficient (Wildman–Crippen LogP) is 1.58. The average Bonchev–Trinajstić information content (AvgIpc) is 3.34. The molecular formula is C18H19N5O3. The van der Waals surface area contributed by atoms with E-state index >= 15 is 0 Å². The highest BCUT2D eigenvalue weighted by Crippen LogP contribution is 2.40. The van der Waals surface area contributed by atoms with Gasteiger partial charge in [0.1, 0.15) is 19.2 Å². The smallest absolute Gasteiger partial charge is 0.408 e. The van der Waals surface area contributed by atoms with E-state index < -0.39 is 5.76 Å². The molecule has 2 aliphatic heterocycles. The highest BCUT2D eigenvalue weighted by atomic mass is 16.4. The van der Waals surface area contributed by atoms with Gasteiger partial charge in [0.25, 0.3) is 0 Å². The van der Waals surface area contributed by atoms with Gasteiger partial charge in [-0.2, -0.15) is 5.10 Å². The number of oxazole rings is 1. The van der Waals surface area contributed by atoms with Gasteiger partial charge in [-0.25, -0.2) is 14.5 Å². The van der Waals surface area contributed by atoms with Gasteiger partial charge in [-0.05, 0) is 37.8 Å². The summed E-state index contributed by atoms with van der Waals surface area (Å²) >= 11 is 0. The number of piperidine rings is 1. The number of carbonyl (C=O) groups is 1. The Morgan fingerprint density at radius 1 is 1.15 bits per heavy atom. The van der Waals surface area contributed by atoms with Crippen LogP contribution in [0.4, 0.5) is 0 Å². The number of hydrogen-bond donors (Lipinski definition) is 0. The van der Waals surface area contributed by atoms with Crippen LogP contribution in [0.1, 0.15) is 31.7 Å². The first-order valence-electron chi connectivity index (χ1n) is 8.94. The summed E-state index contributed by atoms with van der Waals surface area (Å²) in [4.78, 5) is 31.2. The van der Waals surface area contributed by atoms with Crippen LogP contribution in [0.15, 0.2) is 46.1 Å². The van der Waals surface area contributed by atoms with Crippen molar-refractivity contribution in [3.8, 4) is 0 Å². The lowest BCUT2D eigenvalue weighted by atomic mass is 9.97. The molecule has 8 heteroatoms. The largest absolute Gasteiger partial charge is 0.420 e. The van der Waals surface area contributed by atoms with Crippen LogP contribution in [0.2, 0.25) is 0 Å². The molecule has 4 heterocycles. The minimum atomic E-state index is -0.482. The summed E-state index contributed by atoms with van der Waals surface area (Å²) in [6.45, 7) is 0.0246. The first kappa shape index (κ1) is 15.4. The van der Waals surface area contributed by atoms with Crippen LogP contribution >= 0.6 is 0 Å². The van der Waals surface area contributed by atoms with Gasteiger partial charge in [0, 0.05) is 12.1 Å². The summed E-state index contributed by atoms with van der Waals surface area (Å²) in [5.74, 6) is -0.493. The predicted molar refractivity (Wildman–Crippen MR) is 92.4 cm³/mol. The van der Waals surface area contributed by atoms with Crippen LogP contribution in [0, 0.1) is 0 Å². The van der Waals surface area contributed by atoms with E-state index in [0.29, 0.717) is 11.1 Å². The van der Waals surface area contributed by atoms with Crippen molar-refractivity contribution in [2.24, 2.45) is 0 Å². The molecule has 1 amide bonds. The van der Waals surface area contributed by atoms with Gasteiger partial charge in [0.05, 0.1) is 11.6 Å². The normalized spacial score (nSPS) is 25.1. The lowest BCUT2D eigenvalue weighted by molar-refractivity contribution is -0.137. The van der Waals surface area contributed by atoms with Gasteiger partial charge in [-0.3, -0.25) is 9.36 Å². The molecule has 2 unspecified atom stereocenters. The van der Waals surface area contributed by atoms with Crippen molar-refractivity contribution in [3.63, 3.8) is 0 Å². The SMILES string of the molecule is O=C(Cn1c(=O)oc2ccccc21)N1C2CCC1CC(n1cncn1)C2. The molecule has 2 bridgehead atoms. The summed E-state index contributed by atoms with van der Waals surface area (Å²) in [5, 5.41) is 4.26. The van der Waals surface area contributed by atoms with Crippen LogP contribution in [0.3, 0.4) is 0 Å². The van der Waals surface area contributed by atoms with Crippen molar-refractivity contribution in [1.82, 2.24) is 24.2 Å². The standard InChI is InChI=1S/C18H19N5O3/c24-17(9-21-15-3-1-2-4-16(15)26-18(21)25)23-12-5-6-13(23)8-14(7-12)22-11-19-10-20-22/h1-4,10-14H,5-9H2. The molecule has 0 N–H and O–H groups in total. The third kappa shape index (κ3) is 2.36. The van der Waals surface area contributed by atoms with Crippen LogP contribution in [0.5, 0.6) is 0 Å². The Hall–Kier alpha value is -2.90. The van der Waals surface area contributed by atoms with Crippen LogP contribution in [-0.2, 0) is 11.3 Å². The Morgan fingerprint density at radius 2 is 1.92 bits per heavy atom. The summed E-state index contributed by atoms with van der Waals surface area (Å²) < 4.78 is 8.58. The van der Waals surface area contributed by atoms with Gasteiger partial charge in [-0.15, -0.1) is 0 Å². The summed E-state index contributed by atoms with van der Waals surface area (Å²) in [6.07, 6.45) is 7.07. The molecule has 0 saturated carbocycles. The summed E-state index contributed by atoms with van der Waals surface area (Å²) in [6, 6.07) is 7.88. The lowest BCUT2D eigenvalue weighted by Crippen LogP contribution is -2.48. The molecule has 2 saturated heterocycles. The number of benzene rings is 1. The van der Waals surface area contributed by atoms with Gasteiger partial charge >= 0.3 is 5.76 Å². The van der Waals surface area contributed by atoms with Crippen molar-refractivity contribution in [3.05, 3.63) is 47.5 Å². The highest BCUT2D eigenvalue weighted by molar-refractivity contribution is 5.80. The maximum atomic E-state index is 13.0. The highest BCUT2D eigenvalue weighted by Gasteiger charge is 2.44. The monoisotopic (exact) mass is 353 g/mol. The summed E-state index contributed by atoms with van der Waals surface area (Å²) in [7, 11) is 0. The van der Waals surface area contributed by atoms with E-state index in [2.05, 4.69) is 10.1 Å². The number of fused-ring (bicyclic) bond motifs is 3. The topological polar surface area (TPSA) is 86.2 Å². The molecule has 5 rings (SSSR count). The van der Waals surface area contributed by atoms with E-state index in [-0.39, 0.29) is 30.6 Å². The Labute approximate surface area is 149 Å². The fraction of sp³-hybridized carbons (Fsp3) is 0.444. The van der Waals surface area contributed by atoms with Crippen molar-refractivity contribution in [2.75, 3.05) is 0 Å². The molecule has 2 fully saturated rings. The van der Waals surface area contributed by atoms with E-state index in [1.165, 1.54) is 4.57 Å². The zero-order chi connectivity index (χ0) is 17.7. The first-order chi connectivity index (χ1) is 12.7. The zero-order valence-corrected chi connectivity index (χ0v) is 14.2. The van der Waals surface area contributed by atoms with Gasteiger partial charge in [0.2, 0.25) is 5.91 Å². The molecule has 3 aromatic rings. The minimum Gasteiger partial charge on any atom is -0.408 e. The molecule has 0 aliphatic carbocycles. The Bertz CT molecular complexity index is 991. The molecule has 134 valence electrons. The van der Waals surface area contributed by atoms with Crippen molar-refractivity contribution < 1.29 is 9.21 Å². The molecule has 0 radical (unpaired) electrons. The number of nitrogens with zero attached hydrogens (tertiary/aromatic N) is 5. The molecule has 2 atom stereocenters. The van der Waals surface area contributed by atoms with Crippen molar-refractivity contribution >= 4 is 17.0 Å². The molecule has 2 aromatic heterocycles. The number of rotatable bonds is 3. The number of para-hydroxylation sites is 2. The van der Waals surface area contributed by atoms with Crippen molar-refractivity contribution in [1.29, 1.82) is 0 Å². The quantitative estimate of drug-likeness (QED) is 0.714. The summed E-state index contributed by atoms with van der Waals surface area (Å²) in [5.41, 5.74) is 1.17. The lowest BCUT2D eigenvalue weighted by Gasteiger charge is -2.38. The Kier molecular flexibility index (Phi) is 3.44. The number of hydrogen-bond acceptors (Lipinski definition) is 5. The first-order valence-corrected chi connectivity index (χ1v) is 8.94.